The van der Waals surface area contributed by atoms with Crippen LogP contribution in [0.2, 0.25) is 0 Å². The van der Waals surface area contributed by atoms with E-state index in [4.69, 9.17) is 9.47 Å². The number of hydrogen-bond donors (Lipinski definition) is 2. The van der Waals surface area contributed by atoms with E-state index in [0.717, 1.165) is 38.5 Å². The normalized spacial score (nSPS) is 51.1. The number of hydrogen-bond acceptors (Lipinski definition) is 4. The van der Waals surface area contributed by atoms with Crippen LogP contribution in [0.1, 0.15) is 80.1 Å². The molecule has 2 aliphatic carbocycles. The van der Waals surface area contributed by atoms with Gasteiger partial charge in [0.05, 0.1) is 23.4 Å². The number of allylic oxidation sites excluding steroid dienone is 2. The standard InChI is InChI=1S/2C12H20O2/c2*1-5-12(13)7-9(8(2)3)6-10-11(12,4)14-10/h2*9-10,13H,2,5-7H2,1,3-4H3/t2*9-,10+,11+,12-/m00/s1. The molecule has 0 aromatic rings. The van der Waals surface area contributed by atoms with Crippen LogP contribution >= 0.6 is 0 Å². The van der Waals surface area contributed by atoms with Gasteiger partial charge in [-0.2, -0.15) is 0 Å². The number of fused-ring (bicyclic) bond motifs is 2. The lowest BCUT2D eigenvalue weighted by atomic mass is 9.68. The second-order valence-electron chi connectivity index (χ2n) is 10.2. The third-order valence-electron chi connectivity index (χ3n) is 8.47. The Bertz CT molecular complexity index is 603. The van der Waals surface area contributed by atoms with E-state index in [-0.39, 0.29) is 23.4 Å². The average Bonchev–Trinajstić information content (AvgIpc) is 3.50. The minimum absolute atomic E-state index is 0.253. The second-order valence-corrected chi connectivity index (χ2v) is 10.2. The zero-order valence-electron chi connectivity index (χ0n) is 18.7. The van der Waals surface area contributed by atoms with Crippen LogP contribution in [-0.2, 0) is 9.47 Å². The molecule has 2 heterocycles. The van der Waals surface area contributed by atoms with E-state index in [9.17, 15) is 10.2 Å². The molecule has 4 rings (SSSR count). The minimum atomic E-state index is -0.639. The summed E-state index contributed by atoms with van der Waals surface area (Å²) in [6.07, 6.45) is 5.74. The first-order valence-corrected chi connectivity index (χ1v) is 11.0. The third-order valence-corrected chi connectivity index (χ3v) is 8.47. The van der Waals surface area contributed by atoms with E-state index in [1.807, 2.05) is 41.5 Å². The maximum atomic E-state index is 10.5. The number of aliphatic hydroxyl groups is 2. The molecule has 4 fully saturated rings. The first-order valence-electron chi connectivity index (χ1n) is 11.0. The Hall–Kier alpha value is -0.680. The van der Waals surface area contributed by atoms with Crippen molar-refractivity contribution in [1.29, 1.82) is 0 Å². The number of ether oxygens (including phenoxy) is 2. The first-order chi connectivity index (χ1) is 12.9. The summed E-state index contributed by atoms with van der Waals surface area (Å²) >= 11 is 0. The Labute approximate surface area is 171 Å². The SMILES string of the molecule is C=C(C)[C@H]1C[C@H]2O[C@@]2(C)[C@](O)(CC)C1.C=C(C)[C@H]1C[C@H]2O[C@@]2(C)[C@](O)(CC)C1. The molecule has 8 atom stereocenters. The van der Waals surface area contributed by atoms with E-state index in [0.29, 0.717) is 11.8 Å². The van der Waals surface area contributed by atoms with E-state index < -0.39 is 11.2 Å². The molecule has 4 aliphatic rings. The molecule has 2 aliphatic heterocycles. The Morgan fingerprint density at radius 3 is 1.39 bits per heavy atom. The van der Waals surface area contributed by atoms with Crippen LogP contribution in [-0.4, -0.2) is 44.8 Å². The van der Waals surface area contributed by atoms with Crippen LogP contribution in [0.4, 0.5) is 0 Å². The molecule has 2 N–H and O–H groups in total. The van der Waals surface area contributed by atoms with Crippen LogP contribution in [0.25, 0.3) is 0 Å². The van der Waals surface area contributed by atoms with Gasteiger partial charge in [0.25, 0.3) is 0 Å². The Morgan fingerprint density at radius 1 is 0.821 bits per heavy atom. The summed E-state index contributed by atoms with van der Waals surface area (Å²) < 4.78 is 11.3. The van der Waals surface area contributed by atoms with E-state index in [2.05, 4.69) is 13.2 Å². The van der Waals surface area contributed by atoms with Gasteiger partial charge in [-0.1, -0.05) is 38.2 Å². The number of epoxide rings is 2. The van der Waals surface area contributed by atoms with Crippen molar-refractivity contribution < 1.29 is 19.7 Å². The van der Waals surface area contributed by atoms with Gasteiger partial charge in [-0.05, 0) is 78.1 Å². The van der Waals surface area contributed by atoms with Gasteiger partial charge in [-0.25, -0.2) is 0 Å². The van der Waals surface area contributed by atoms with Gasteiger partial charge in [0.2, 0.25) is 0 Å². The monoisotopic (exact) mass is 392 g/mol. The highest BCUT2D eigenvalue weighted by molar-refractivity contribution is 5.21. The van der Waals surface area contributed by atoms with Gasteiger partial charge in [-0.3, -0.25) is 0 Å². The van der Waals surface area contributed by atoms with Crippen molar-refractivity contribution in [3.8, 4) is 0 Å². The van der Waals surface area contributed by atoms with E-state index in [1.54, 1.807) is 0 Å². The van der Waals surface area contributed by atoms with Gasteiger partial charge in [-0.15, -0.1) is 0 Å². The predicted molar refractivity (Wildman–Crippen MR) is 112 cm³/mol. The highest BCUT2D eigenvalue weighted by atomic mass is 16.6. The summed E-state index contributed by atoms with van der Waals surface area (Å²) in [6, 6.07) is 0. The fourth-order valence-electron chi connectivity index (χ4n) is 5.53. The molecule has 0 bridgehead atoms. The molecule has 0 aromatic carbocycles. The summed E-state index contributed by atoms with van der Waals surface area (Å²) in [5, 5.41) is 21.0. The fourth-order valence-corrected chi connectivity index (χ4v) is 5.53. The highest BCUT2D eigenvalue weighted by Gasteiger charge is 2.68. The van der Waals surface area contributed by atoms with Gasteiger partial charge in [0.15, 0.2) is 0 Å². The van der Waals surface area contributed by atoms with Crippen LogP contribution in [0.5, 0.6) is 0 Å². The van der Waals surface area contributed by atoms with Crippen molar-refractivity contribution in [2.24, 2.45) is 11.8 Å². The minimum Gasteiger partial charge on any atom is -0.387 e. The lowest BCUT2D eigenvalue weighted by Gasteiger charge is -2.38. The number of rotatable bonds is 4. The molecular formula is C24H40O4. The van der Waals surface area contributed by atoms with Gasteiger partial charge >= 0.3 is 0 Å². The zero-order chi connectivity index (χ0) is 21.1. The summed E-state index contributed by atoms with van der Waals surface area (Å²) in [7, 11) is 0. The van der Waals surface area contributed by atoms with Crippen molar-refractivity contribution in [2.45, 2.75) is 115 Å². The molecule has 28 heavy (non-hydrogen) atoms. The van der Waals surface area contributed by atoms with Crippen molar-refractivity contribution in [1.82, 2.24) is 0 Å². The molecule has 0 spiro atoms. The van der Waals surface area contributed by atoms with E-state index >= 15 is 0 Å². The quantitative estimate of drug-likeness (QED) is 0.544. The van der Waals surface area contributed by atoms with Crippen molar-refractivity contribution in [3.05, 3.63) is 24.3 Å². The third kappa shape index (κ3) is 3.30. The van der Waals surface area contributed by atoms with Crippen molar-refractivity contribution in [3.63, 3.8) is 0 Å². The van der Waals surface area contributed by atoms with Crippen LogP contribution in [0, 0.1) is 11.8 Å². The molecule has 0 radical (unpaired) electrons. The van der Waals surface area contributed by atoms with Crippen LogP contribution in [0.15, 0.2) is 24.3 Å². The maximum absolute atomic E-state index is 10.5. The lowest BCUT2D eigenvalue weighted by molar-refractivity contribution is -0.0541. The molecular weight excluding hydrogens is 352 g/mol. The van der Waals surface area contributed by atoms with Crippen molar-refractivity contribution >= 4 is 0 Å². The second kappa shape index (κ2) is 6.94. The predicted octanol–water partition coefficient (Wildman–Crippen LogP) is 4.54. The smallest absolute Gasteiger partial charge is 0.120 e. The summed E-state index contributed by atoms with van der Waals surface area (Å²) in [5.41, 5.74) is 0.532. The van der Waals surface area contributed by atoms with Gasteiger partial charge < -0.3 is 19.7 Å². The lowest BCUT2D eigenvalue weighted by Crippen LogP contribution is -2.49. The van der Waals surface area contributed by atoms with Crippen molar-refractivity contribution in [2.75, 3.05) is 0 Å². The summed E-state index contributed by atoms with van der Waals surface area (Å²) in [4.78, 5) is 0. The first kappa shape index (κ1) is 22.0. The summed E-state index contributed by atoms with van der Waals surface area (Å²) in [5.74, 6) is 0.862. The topological polar surface area (TPSA) is 65.5 Å². The largest absolute Gasteiger partial charge is 0.387 e. The molecule has 0 amide bonds. The molecule has 4 nitrogen and oxygen atoms in total. The van der Waals surface area contributed by atoms with Crippen LogP contribution < -0.4 is 0 Å². The van der Waals surface area contributed by atoms with Gasteiger partial charge in [0, 0.05) is 0 Å². The van der Waals surface area contributed by atoms with Crippen LogP contribution in [0.3, 0.4) is 0 Å². The van der Waals surface area contributed by atoms with Gasteiger partial charge in [0.1, 0.15) is 11.2 Å². The molecule has 0 unspecified atom stereocenters. The maximum Gasteiger partial charge on any atom is 0.120 e. The average molecular weight is 393 g/mol. The molecule has 2 saturated heterocycles. The zero-order valence-corrected chi connectivity index (χ0v) is 18.7. The summed E-state index contributed by atoms with van der Waals surface area (Å²) in [6.45, 7) is 20.2. The Morgan fingerprint density at radius 2 is 1.14 bits per heavy atom. The Balaban J connectivity index is 0.000000161. The molecule has 2 saturated carbocycles. The Kier molecular flexibility index (Phi) is 5.45. The fraction of sp³-hybridized carbons (Fsp3) is 0.833. The molecule has 0 aromatic heterocycles. The molecule has 160 valence electrons. The molecule has 4 heteroatoms. The van der Waals surface area contributed by atoms with E-state index in [1.165, 1.54) is 11.1 Å². The highest BCUT2D eigenvalue weighted by Crippen LogP contribution is 2.58.